The van der Waals surface area contributed by atoms with E-state index in [1.54, 1.807) is 0 Å². The second-order valence-corrected chi connectivity index (χ2v) is 10.4. The Balaban J connectivity index is 1.83. The average Bonchev–Trinajstić information content (AvgIpc) is 2.80. The summed E-state index contributed by atoms with van der Waals surface area (Å²) in [7, 11) is -3.74. The number of benzene rings is 2. The Hall–Kier alpha value is -3.51. The van der Waals surface area contributed by atoms with Crippen molar-refractivity contribution >= 4 is 15.7 Å². The van der Waals surface area contributed by atoms with Crippen molar-refractivity contribution in [1.82, 2.24) is 10.3 Å². The van der Waals surface area contributed by atoms with Crippen molar-refractivity contribution in [2.75, 3.05) is 6.26 Å². The number of halogens is 4. The molecule has 2 atom stereocenters. The second-order valence-electron chi connectivity index (χ2n) is 8.22. The van der Waals surface area contributed by atoms with Gasteiger partial charge in [0.25, 0.3) is 0 Å². The number of aromatic nitrogens is 1. The van der Waals surface area contributed by atoms with Gasteiger partial charge in [0.05, 0.1) is 11.6 Å². The summed E-state index contributed by atoms with van der Waals surface area (Å²) in [5.41, 5.74) is 4.87. The zero-order chi connectivity index (χ0) is 26.8. The minimum absolute atomic E-state index is 0.0705. The number of hydrogen-bond acceptors (Lipinski definition) is 6. The van der Waals surface area contributed by atoms with Crippen LogP contribution in [0.5, 0.6) is 5.75 Å². The predicted octanol–water partition coefficient (Wildman–Crippen LogP) is 4.03. The molecular weight excluding hydrogens is 502 g/mol. The maximum absolute atomic E-state index is 14.5. The molecular formula is C24H23F4N3O4S. The zero-order valence-corrected chi connectivity index (χ0v) is 20.0. The first-order valence-corrected chi connectivity index (χ1v) is 12.5. The Bertz CT molecular complexity index is 1390. The van der Waals surface area contributed by atoms with Crippen LogP contribution in [0.3, 0.4) is 0 Å². The molecule has 7 nitrogen and oxygen atoms in total. The highest BCUT2D eigenvalue weighted by molar-refractivity contribution is 7.90. The predicted molar refractivity (Wildman–Crippen MR) is 125 cm³/mol. The molecule has 192 valence electrons. The third-order valence-corrected chi connectivity index (χ3v) is 6.70. The monoisotopic (exact) mass is 525 g/mol. The zero-order valence-electron chi connectivity index (χ0n) is 19.2. The highest BCUT2D eigenvalue weighted by Crippen LogP contribution is 2.32. The number of aromatic hydroxyl groups is 1. The van der Waals surface area contributed by atoms with E-state index in [0.29, 0.717) is 0 Å². The fraction of sp³-hybridized carbons (Fsp3) is 0.250. The molecule has 0 spiro atoms. The lowest BCUT2D eigenvalue weighted by atomic mass is 9.98. The largest absolute Gasteiger partial charge is 0.508 e. The van der Waals surface area contributed by atoms with Gasteiger partial charge in [-0.15, -0.1) is 0 Å². The van der Waals surface area contributed by atoms with E-state index in [-0.39, 0.29) is 40.2 Å². The van der Waals surface area contributed by atoms with Gasteiger partial charge >= 0.3 is 6.18 Å². The number of nitrogens with two attached hydrogens (primary N) is 1. The van der Waals surface area contributed by atoms with Gasteiger partial charge in [-0.3, -0.25) is 4.79 Å². The Morgan fingerprint density at radius 1 is 1.14 bits per heavy atom. The smallest absolute Gasteiger partial charge is 0.433 e. The van der Waals surface area contributed by atoms with Crippen LogP contribution in [0.15, 0.2) is 54.6 Å². The molecule has 2 unspecified atom stereocenters. The van der Waals surface area contributed by atoms with Crippen LogP contribution in [0.4, 0.5) is 17.6 Å². The molecule has 3 aromatic rings. The molecule has 0 aliphatic rings. The van der Waals surface area contributed by atoms with E-state index in [2.05, 4.69) is 10.3 Å². The summed E-state index contributed by atoms with van der Waals surface area (Å²) in [4.78, 5) is 16.4. The van der Waals surface area contributed by atoms with Crippen molar-refractivity contribution in [2.24, 2.45) is 5.73 Å². The number of carbonyl (C=O) groups is 1. The Morgan fingerprint density at radius 2 is 1.83 bits per heavy atom. The van der Waals surface area contributed by atoms with Gasteiger partial charge in [0.1, 0.15) is 22.6 Å². The van der Waals surface area contributed by atoms with E-state index >= 15 is 0 Å². The highest BCUT2D eigenvalue weighted by Gasteiger charge is 2.33. The van der Waals surface area contributed by atoms with Gasteiger partial charge in [0.2, 0.25) is 5.91 Å². The SMILES string of the molecule is CC(C(=O)NCc1ccc(C(F)(F)F)nc1-c1cccc(O)c1)c1ccc(C(N)S(C)(=O)=O)c(F)c1. The average molecular weight is 526 g/mol. The fourth-order valence-corrected chi connectivity index (χ4v) is 4.10. The van der Waals surface area contributed by atoms with Crippen molar-refractivity contribution in [3.8, 4) is 17.0 Å². The van der Waals surface area contributed by atoms with Gasteiger partial charge in [-0.25, -0.2) is 17.8 Å². The number of hydrogen-bond donors (Lipinski definition) is 3. The number of carbonyl (C=O) groups excluding carboxylic acids is 1. The standard InChI is InChI=1S/C24H23F4N3O4S/c1-13(14-6-8-18(19(25)11-14)22(29)36(2,34)35)23(33)30-12-16-7-9-20(24(26,27)28)31-21(16)15-4-3-5-17(32)10-15/h3-11,13,22,32H,12,29H2,1-2H3,(H,30,33). The van der Waals surface area contributed by atoms with Gasteiger partial charge in [-0.05, 0) is 42.3 Å². The molecule has 2 aromatic carbocycles. The number of nitrogens with zero attached hydrogens (tertiary/aromatic N) is 1. The number of phenolic OH excluding ortho intramolecular Hbond substituents is 1. The lowest BCUT2D eigenvalue weighted by Crippen LogP contribution is -2.28. The molecule has 0 fully saturated rings. The number of nitrogens with one attached hydrogen (secondary N) is 1. The van der Waals surface area contributed by atoms with E-state index < -0.39 is 44.7 Å². The van der Waals surface area contributed by atoms with Gasteiger partial charge in [-0.2, -0.15) is 13.2 Å². The van der Waals surface area contributed by atoms with Crippen molar-refractivity contribution in [3.63, 3.8) is 0 Å². The molecule has 0 saturated heterocycles. The third-order valence-electron chi connectivity index (χ3n) is 5.53. The molecule has 1 amide bonds. The fourth-order valence-electron chi connectivity index (χ4n) is 3.45. The van der Waals surface area contributed by atoms with Crippen molar-refractivity contribution in [1.29, 1.82) is 0 Å². The molecule has 0 radical (unpaired) electrons. The summed E-state index contributed by atoms with van der Waals surface area (Å²) >= 11 is 0. The number of rotatable bonds is 7. The normalized spacial score (nSPS) is 13.8. The van der Waals surface area contributed by atoms with Gasteiger partial charge in [-0.1, -0.05) is 30.3 Å². The number of phenols is 1. The quantitative estimate of drug-likeness (QED) is 0.401. The van der Waals surface area contributed by atoms with Crippen LogP contribution < -0.4 is 11.1 Å². The summed E-state index contributed by atoms with van der Waals surface area (Å²) in [5, 5.41) is 10.8. The van der Waals surface area contributed by atoms with E-state index in [1.807, 2.05) is 0 Å². The summed E-state index contributed by atoms with van der Waals surface area (Å²) in [5.74, 6) is -2.49. The number of sulfone groups is 1. The Morgan fingerprint density at radius 3 is 2.42 bits per heavy atom. The summed E-state index contributed by atoms with van der Waals surface area (Å²) < 4.78 is 77.4. The second kappa shape index (κ2) is 10.2. The molecule has 1 heterocycles. The van der Waals surface area contributed by atoms with Crippen molar-refractivity contribution < 1.29 is 35.9 Å². The van der Waals surface area contributed by atoms with Crippen LogP contribution in [0, 0.1) is 5.82 Å². The maximum Gasteiger partial charge on any atom is 0.433 e. The van der Waals surface area contributed by atoms with Crippen molar-refractivity contribution in [3.05, 3.63) is 82.8 Å². The molecule has 0 bridgehead atoms. The van der Waals surface area contributed by atoms with Crippen LogP contribution in [0.25, 0.3) is 11.3 Å². The van der Waals surface area contributed by atoms with Crippen LogP contribution in [0.1, 0.15) is 40.6 Å². The maximum atomic E-state index is 14.5. The molecule has 4 N–H and O–H groups in total. The van der Waals surface area contributed by atoms with Crippen LogP contribution in [-0.4, -0.2) is 30.7 Å². The van der Waals surface area contributed by atoms with E-state index in [4.69, 9.17) is 5.73 Å². The number of amides is 1. The molecule has 0 aliphatic heterocycles. The highest BCUT2D eigenvalue weighted by atomic mass is 32.2. The van der Waals surface area contributed by atoms with Gasteiger partial charge in [0.15, 0.2) is 9.84 Å². The summed E-state index contributed by atoms with van der Waals surface area (Å²) in [6, 6.07) is 11.1. The molecule has 3 rings (SSSR count). The molecule has 12 heteroatoms. The van der Waals surface area contributed by atoms with E-state index in [0.717, 1.165) is 18.4 Å². The first kappa shape index (κ1) is 27.1. The van der Waals surface area contributed by atoms with Gasteiger partial charge < -0.3 is 16.2 Å². The molecule has 1 aromatic heterocycles. The first-order valence-electron chi connectivity index (χ1n) is 10.6. The lowest BCUT2D eigenvalue weighted by molar-refractivity contribution is -0.141. The topological polar surface area (TPSA) is 122 Å². The summed E-state index contributed by atoms with van der Waals surface area (Å²) in [6.07, 6.45) is -3.82. The minimum Gasteiger partial charge on any atom is -0.508 e. The van der Waals surface area contributed by atoms with E-state index in [9.17, 15) is 35.9 Å². The summed E-state index contributed by atoms with van der Waals surface area (Å²) in [6.45, 7) is 1.29. The number of pyridine rings is 1. The van der Waals surface area contributed by atoms with Gasteiger partial charge in [0, 0.05) is 23.9 Å². The minimum atomic E-state index is -4.70. The van der Waals surface area contributed by atoms with Crippen LogP contribution in [0.2, 0.25) is 0 Å². The first-order chi connectivity index (χ1) is 16.7. The Labute approximate surface area is 204 Å². The Kier molecular flexibility index (Phi) is 7.70. The number of alkyl halides is 3. The van der Waals surface area contributed by atoms with Crippen molar-refractivity contribution in [2.45, 2.75) is 30.9 Å². The van der Waals surface area contributed by atoms with Crippen LogP contribution >= 0.6 is 0 Å². The molecule has 0 saturated carbocycles. The molecule has 36 heavy (non-hydrogen) atoms. The van der Waals surface area contributed by atoms with Crippen LogP contribution in [-0.2, 0) is 27.4 Å². The van der Waals surface area contributed by atoms with E-state index in [1.165, 1.54) is 49.4 Å². The molecule has 0 aliphatic carbocycles. The lowest BCUT2D eigenvalue weighted by Gasteiger charge is -2.17. The third kappa shape index (κ3) is 6.18.